The summed E-state index contributed by atoms with van der Waals surface area (Å²) >= 11 is 0. The second-order valence-electron chi connectivity index (χ2n) is 10.5. The molecule has 0 bridgehead atoms. The number of benzene rings is 6. The van der Waals surface area contributed by atoms with Crippen molar-refractivity contribution in [3.63, 3.8) is 0 Å². The lowest BCUT2D eigenvalue weighted by molar-refractivity contribution is 0.817. The van der Waals surface area contributed by atoms with Crippen LogP contribution >= 0.6 is 0 Å². The summed E-state index contributed by atoms with van der Waals surface area (Å²) < 4.78 is 2.39. The van der Waals surface area contributed by atoms with Crippen molar-refractivity contribution in [1.29, 1.82) is 0 Å². The molecule has 0 aliphatic heterocycles. The van der Waals surface area contributed by atoms with E-state index in [0.717, 1.165) is 6.42 Å². The molecular formula is C38H27N. The topological polar surface area (TPSA) is 4.93 Å². The van der Waals surface area contributed by atoms with Crippen molar-refractivity contribution in [2.24, 2.45) is 0 Å². The summed E-state index contributed by atoms with van der Waals surface area (Å²) in [4.78, 5) is 0. The Kier molecular flexibility index (Phi) is 5.03. The maximum Gasteiger partial charge on any atom is 0.0547 e. The number of allylic oxidation sites excluding steroid dienone is 1. The van der Waals surface area contributed by atoms with Crippen LogP contribution in [0, 0.1) is 0 Å². The van der Waals surface area contributed by atoms with Crippen LogP contribution in [0.15, 0.2) is 146 Å². The van der Waals surface area contributed by atoms with Gasteiger partial charge in [-0.15, -0.1) is 0 Å². The van der Waals surface area contributed by atoms with Crippen LogP contribution in [0.3, 0.4) is 0 Å². The highest BCUT2D eigenvalue weighted by Crippen LogP contribution is 2.43. The standard InChI is InChI=1S/C38H27N/c1-3-11-26(12-4-1)30-22-23-31(34-16-8-7-15-33(30)34)27-19-21-32-28(25-27)20-24-37-38(32)35-17-9-10-18-36(35)39(37)29-13-5-2-6-14-29/h1-22,24-25,31H,23H2. The largest absolute Gasteiger partial charge is 0.309 e. The molecular weight excluding hydrogens is 470 g/mol. The Morgan fingerprint density at radius 3 is 2.18 bits per heavy atom. The molecule has 6 aromatic carbocycles. The van der Waals surface area contributed by atoms with Crippen molar-refractivity contribution in [2.75, 3.05) is 0 Å². The van der Waals surface area contributed by atoms with Crippen LogP contribution in [-0.2, 0) is 0 Å². The van der Waals surface area contributed by atoms with E-state index >= 15 is 0 Å². The molecule has 1 aromatic heterocycles. The molecule has 0 saturated carbocycles. The van der Waals surface area contributed by atoms with Gasteiger partial charge in [0.25, 0.3) is 0 Å². The Bertz CT molecular complexity index is 2030. The summed E-state index contributed by atoms with van der Waals surface area (Å²) in [6, 6.07) is 50.9. The van der Waals surface area contributed by atoms with Gasteiger partial charge in [0.2, 0.25) is 0 Å². The molecule has 184 valence electrons. The first-order chi connectivity index (χ1) is 19.4. The smallest absolute Gasteiger partial charge is 0.0547 e. The number of nitrogens with zero attached hydrogens (tertiary/aromatic N) is 1. The first-order valence-electron chi connectivity index (χ1n) is 13.7. The summed E-state index contributed by atoms with van der Waals surface area (Å²) in [6.07, 6.45) is 3.44. The SMILES string of the molecule is C1=C(c2ccccc2)c2ccccc2C(c2ccc3c(ccc4c3c3ccccc3n4-c3ccccc3)c2)C1. The Morgan fingerprint density at radius 2 is 1.31 bits per heavy atom. The van der Waals surface area contributed by atoms with Gasteiger partial charge in [0, 0.05) is 22.4 Å². The Hall–Kier alpha value is -4.88. The van der Waals surface area contributed by atoms with Crippen molar-refractivity contribution in [3.8, 4) is 5.69 Å². The molecule has 7 aromatic rings. The van der Waals surface area contributed by atoms with Gasteiger partial charge in [-0.05, 0) is 69.3 Å². The Morgan fingerprint density at radius 1 is 0.564 bits per heavy atom. The van der Waals surface area contributed by atoms with Gasteiger partial charge in [-0.2, -0.15) is 0 Å². The third-order valence-electron chi connectivity index (χ3n) is 8.36. The molecule has 1 atom stereocenters. The van der Waals surface area contributed by atoms with E-state index < -0.39 is 0 Å². The number of para-hydroxylation sites is 2. The van der Waals surface area contributed by atoms with Crippen molar-refractivity contribution in [3.05, 3.63) is 168 Å². The van der Waals surface area contributed by atoms with Crippen molar-refractivity contribution < 1.29 is 0 Å². The van der Waals surface area contributed by atoms with Crippen LogP contribution in [0.4, 0.5) is 0 Å². The molecule has 1 nitrogen and oxygen atoms in total. The molecule has 0 spiro atoms. The molecule has 0 radical (unpaired) electrons. The minimum Gasteiger partial charge on any atom is -0.309 e. The highest BCUT2D eigenvalue weighted by atomic mass is 15.0. The van der Waals surface area contributed by atoms with E-state index in [1.165, 1.54) is 66.1 Å². The highest BCUT2D eigenvalue weighted by Gasteiger charge is 2.24. The average molecular weight is 498 g/mol. The molecule has 1 unspecified atom stereocenters. The number of aromatic nitrogens is 1. The second kappa shape index (κ2) is 8.85. The fraction of sp³-hybridized carbons (Fsp3) is 0.0526. The van der Waals surface area contributed by atoms with Crippen LogP contribution in [-0.4, -0.2) is 4.57 Å². The van der Waals surface area contributed by atoms with Gasteiger partial charge in [-0.25, -0.2) is 0 Å². The lowest BCUT2D eigenvalue weighted by atomic mass is 9.77. The highest BCUT2D eigenvalue weighted by molar-refractivity contribution is 6.21. The summed E-state index contributed by atoms with van der Waals surface area (Å²) in [7, 11) is 0. The molecule has 0 saturated heterocycles. The lowest BCUT2D eigenvalue weighted by Crippen LogP contribution is -2.09. The minimum atomic E-state index is 0.347. The molecule has 8 rings (SSSR count). The van der Waals surface area contributed by atoms with E-state index in [0.29, 0.717) is 5.92 Å². The van der Waals surface area contributed by atoms with Gasteiger partial charge in [-0.3, -0.25) is 0 Å². The summed E-state index contributed by atoms with van der Waals surface area (Å²) in [5.41, 5.74) is 10.5. The lowest BCUT2D eigenvalue weighted by Gasteiger charge is -2.26. The van der Waals surface area contributed by atoms with Crippen molar-refractivity contribution >= 4 is 38.2 Å². The molecule has 1 aliphatic carbocycles. The zero-order valence-corrected chi connectivity index (χ0v) is 21.6. The minimum absolute atomic E-state index is 0.347. The van der Waals surface area contributed by atoms with E-state index in [1.807, 2.05) is 0 Å². The number of hydrogen-bond acceptors (Lipinski definition) is 0. The van der Waals surface area contributed by atoms with Gasteiger partial charge in [0.15, 0.2) is 0 Å². The van der Waals surface area contributed by atoms with Crippen LogP contribution in [0.25, 0.3) is 43.8 Å². The fourth-order valence-electron chi connectivity index (χ4n) is 6.61. The summed E-state index contributed by atoms with van der Waals surface area (Å²) in [6.45, 7) is 0. The quantitative estimate of drug-likeness (QED) is 0.229. The molecule has 1 heteroatoms. The first kappa shape index (κ1) is 22.1. The molecule has 0 N–H and O–H groups in total. The Balaban J connectivity index is 1.29. The van der Waals surface area contributed by atoms with E-state index in [1.54, 1.807) is 0 Å². The van der Waals surface area contributed by atoms with E-state index in [-0.39, 0.29) is 0 Å². The zero-order valence-electron chi connectivity index (χ0n) is 21.6. The summed E-state index contributed by atoms with van der Waals surface area (Å²) in [5.74, 6) is 0.347. The van der Waals surface area contributed by atoms with Crippen molar-refractivity contribution in [1.82, 2.24) is 4.57 Å². The molecule has 1 aliphatic rings. The average Bonchev–Trinajstić information content (AvgIpc) is 3.36. The molecule has 1 heterocycles. The van der Waals surface area contributed by atoms with Crippen LogP contribution in [0.1, 0.15) is 34.6 Å². The van der Waals surface area contributed by atoms with E-state index in [9.17, 15) is 0 Å². The number of hydrogen-bond donors (Lipinski definition) is 0. The first-order valence-corrected chi connectivity index (χ1v) is 13.7. The van der Waals surface area contributed by atoms with Gasteiger partial charge < -0.3 is 4.57 Å². The maximum atomic E-state index is 2.43. The van der Waals surface area contributed by atoms with Crippen LogP contribution in [0.5, 0.6) is 0 Å². The van der Waals surface area contributed by atoms with Gasteiger partial charge in [0.1, 0.15) is 0 Å². The van der Waals surface area contributed by atoms with Crippen molar-refractivity contribution in [2.45, 2.75) is 12.3 Å². The van der Waals surface area contributed by atoms with E-state index in [2.05, 4.69) is 150 Å². The molecule has 0 fully saturated rings. The fourth-order valence-corrected chi connectivity index (χ4v) is 6.61. The number of rotatable bonds is 3. The predicted molar refractivity (Wildman–Crippen MR) is 165 cm³/mol. The van der Waals surface area contributed by atoms with Gasteiger partial charge in [0.05, 0.1) is 11.0 Å². The third-order valence-corrected chi connectivity index (χ3v) is 8.36. The Labute approximate surface area is 228 Å². The van der Waals surface area contributed by atoms with Gasteiger partial charge >= 0.3 is 0 Å². The predicted octanol–water partition coefficient (Wildman–Crippen LogP) is 9.90. The number of fused-ring (bicyclic) bond motifs is 6. The van der Waals surface area contributed by atoms with Gasteiger partial charge in [-0.1, -0.05) is 121 Å². The monoisotopic (exact) mass is 497 g/mol. The zero-order chi connectivity index (χ0) is 25.8. The second-order valence-corrected chi connectivity index (χ2v) is 10.5. The maximum absolute atomic E-state index is 2.43. The molecule has 0 amide bonds. The normalized spacial score (nSPS) is 15.0. The van der Waals surface area contributed by atoms with Crippen LogP contribution < -0.4 is 0 Å². The molecule has 39 heavy (non-hydrogen) atoms. The third kappa shape index (κ3) is 3.47. The van der Waals surface area contributed by atoms with E-state index in [4.69, 9.17) is 0 Å². The van der Waals surface area contributed by atoms with Crippen LogP contribution in [0.2, 0.25) is 0 Å². The summed E-state index contributed by atoms with van der Waals surface area (Å²) in [5, 5.41) is 5.24.